The van der Waals surface area contributed by atoms with Crippen molar-refractivity contribution >= 4 is 17.2 Å². The second-order valence-corrected chi connectivity index (χ2v) is 7.50. The molecule has 4 rings (SSSR count). The first-order valence-electron chi connectivity index (χ1n) is 8.09. The Bertz CT molecular complexity index is 715. The summed E-state index contributed by atoms with van der Waals surface area (Å²) in [6, 6.07) is 10.1. The lowest BCUT2D eigenvalue weighted by Crippen LogP contribution is -2.44. The highest BCUT2D eigenvalue weighted by Gasteiger charge is 2.53. The van der Waals surface area contributed by atoms with E-state index in [1.807, 2.05) is 30.5 Å². The summed E-state index contributed by atoms with van der Waals surface area (Å²) in [5, 5.41) is 6.06. The number of aromatic nitrogens is 1. The highest BCUT2D eigenvalue weighted by atomic mass is 32.1. The minimum Gasteiger partial charge on any atom is -0.374 e. The first-order valence-corrected chi connectivity index (χ1v) is 8.97. The van der Waals surface area contributed by atoms with Crippen molar-refractivity contribution in [2.75, 3.05) is 0 Å². The van der Waals surface area contributed by atoms with Crippen LogP contribution < -0.4 is 5.32 Å². The van der Waals surface area contributed by atoms with Crippen LogP contribution in [0.2, 0.25) is 0 Å². The summed E-state index contributed by atoms with van der Waals surface area (Å²) in [5.41, 5.74) is 1.65. The third-order valence-corrected chi connectivity index (χ3v) is 5.93. The quantitative estimate of drug-likeness (QED) is 0.936. The number of nitrogens with one attached hydrogen (secondary N) is 1. The van der Waals surface area contributed by atoms with Gasteiger partial charge in [-0.25, -0.2) is 4.98 Å². The van der Waals surface area contributed by atoms with E-state index >= 15 is 0 Å². The van der Waals surface area contributed by atoms with E-state index in [2.05, 4.69) is 22.4 Å². The van der Waals surface area contributed by atoms with E-state index in [4.69, 9.17) is 4.74 Å². The van der Waals surface area contributed by atoms with Crippen LogP contribution in [0, 0.1) is 5.41 Å². The van der Waals surface area contributed by atoms with Crippen molar-refractivity contribution in [3.05, 3.63) is 41.4 Å². The summed E-state index contributed by atoms with van der Waals surface area (Å²) in [5.74, 6) is 0.0963. The highest BCUT2D eigenvalue weighted by molar-refractivity contribution is 7.13. The Morgan fingerprint density at radius 1 is 1.39 bits per heavy atom. The van der Waals surface area contributed by atoms with Crippen LogP contribution >= 0.6 is 11.3 Å². The van der Waals surface area contributed by atoms with Crippen LogP contribution in [-0.2, 0) is 16.1 Å². The molecular formula is C18H20N2O2S. The van der Waals surface area contributed by atoms with E-state index in [-0.39, 0.29) is 23.5 Å². The van der Waals surface area contributed by atoms with E-state index in [0.717, 1.165) is 35.5 Å². The monoisotopic (exact) mass is 328 g/mol. The lowest BCUT2D eigenvalue weighted by molar-refractivity contribution is -0.133. The molecule has 2 aromatic rings. The molecule has 0 radical (unpaired) electrons. The van der Waals surface area contributed by atoms with E-state index in [0.29, 0.717) is 6.54 Å². The van der Waals surface area contributed by atoms with Crippen molar-refractivity contribution in [1.29, 1.82) is 0 Å². The number of ether oxygens (including phenoxy) is 1. The van der Waals surface area contributed by atoms with Crippen LogP contribution in [0.5, 0.6) is 0 Å². The van der Waals surface area contributed by atoms with Crippen molar-refractivity contribution in [3.63, 3.8) is 0 Å². The zero-order valence-electron chi connectivity index (χ0n) is 13.1. The van der Waals surface area contributed by atoms with Gasteiger partial charge in [0.1, 0.15) is 5.01 Å². The van der Waals surface area contributed by atoms with Crippen LogP contribution in [0.25, 0.3) is 10.6 Å². The number of thiazole rings is 1. The number of carbonyl (C=O) groups excluding carboxylic acids is 1. The van der Waals surface area contributed by atoms with Gasteiger partial charge in [-0.3, -0.25) is 4.79 Å². The summed E-state index contributed by atoms with van der Waals surface area (Å²) in [7, 11) is 0. The standard InChI is InChI=1S/C18H20N2O2S/c1-18(9-14-7-8-15(18)22-14)17(21)19-10-13-11-23-16(20-13)12-5-3-2-4-6-12/h2-6,11,14-15H,7-10H2,1H3,(H,19,21). The molecule has 2 saturated heterocycles. The summed E-state index contributed by atoms with van der Waals surface area (Å²) in [4.78, 5) is 17.2. The molecule has 120 valence electrons. The maximum atomic E-state index is 12.6. The average Bonchev–Trinajstić information content (AvgIpc) is 3.29. The van der Waals surface area contributed by atoms with Crippen molar-refractivity contribution < 1.29 is 9.53 Å². The third kappa shape index (κ3) is 2.68. The zero-order chi connectivity index (χ0) is 15.9. The Labute approximate surface area is 139 Å². The lowest BCUT2D eigenvalue weighted by atomic mass is 9.75. The fourth-order valence-electron chi connectivity index (χ4n) is 3.64. The van der Waals surface area contributed by atoms with E-state index in [9.17, 15) is 4.79 Å². The summed E-state index contributed by atoms with van der Waals surface area (Å²) < 4.78 is 5.85. The second-order valence-electron chi connectivity index (χ2n) is 6.64. The van der Waals surface area contributed by atoms with Crippen LogP contribution in [0.4, 0.5) is 0 Å². The number of amides is 1. The average molecular weight is 328 g/mol. The molecule has 3 atom stereocenters. The second kappa shape index (κ2) is 5.73. The molecular weight excluding hydrogens is 308 g/mol. The van der Waals surface area contributed by atoms with Gasteiger partial charge < -0.3 is 10.1 Å². The van der Waals surface area contributed by atoms with Gasteiger partial charge in [0, 0.05) is 10.9 Å². The SMILES string of the molecule is CC1(C(=O)NCc2csc(-c3ccccc3)n2)CC2CCC1O2. The fourth-order valence-corrected chi connectivity index (χ4v) is 4.47. The van der Waals surface area contributed by atoms with Crippen LogP contribution in [0.1, 0.15) is 31.9 Å². The molecule has 2 aliphatic rings. The minimum absolute atomic E-state index is 0.0859. The topological polar surface area (TPSA) is 51.2 Å². The molecule has 2 aliphatic heterocycles. The molecule has 1 aromatic heterocycles. The van der Waals surface area contributed by atoms with E-state index < -0.39 is 0 Å². The van der Waals surface area contributed by atoms with Gasteiger partial charge in [0.15, 0.2) is 0 Å². The van der Waals surface area contributed by atoms with Crippen molar-refractivity contribution in [2.45, 2.75) is 44.9 Å². The van der Waals surface area contributed by atoms with Gasteiger partial charge in [0.2, 0.25) is 5.91 Å². The van der Waals surface area contributed by atoms with Crippen molar-refractivity contribution in [3.8, 4) is 10.6 Å². The molecule has 0 spiro atoms. The van der Waals surface area contributed by atoms with Crippen LogP contribution in [0.3, 0.4) is 0 Å². The third-order valence-electron chi connectivity index (χ3n) is 4.99. The van der Waals surface area contributed by atoms with Gasteiger partial charge in [-0.05, 0) is 26.2 Å². The number of fused-ring (bicyclic) bond motifs is 2. The Morgan fingerprint density at radius 3 is 2.91 bits per heavy atom. The lowest BCUT2D eigenvalue weighted by Gasteiger charge is -2.29. The first kappa shape index (κ1) is 14.8. The molecule has 0 saturated carbocycles. The Balaban J connectivity index is 1.40. The maximum absolute atomic E-state index is 12.6. The number of carbonyl (C=O) groups is 1. The molecule has 2 fully saturated rings. The molecule has 2 bridgehead atoms. The highest BCUT2D eigenvalue weighted by Crippen LogP contribution is 2.47. The molecule has 3 unspecified atom stereocenters. The number of benzene rings is 1. The number of hydrogen-bond donors (Lipinski definition) is 1. The molecule has 1 amide bonds. The first-order chi connectivity index (χ1) is 11.1. The van der Waals surface area contributed by atoms with Gasteiger partial charge >= 0.3 is 0 Å². The number of hydrogen-bond acceptors (Lipinski definition) is 4. The van der Waals surface area contributed by atoms with Crippen molar-refractivity contribution in [2.24, 2.45) is 5.41 Å². The van der Waals surface area contributed by atoms with E-state index in [1.165, 1.54) is 0 Å². The molecule has 23 heavy (non-hydrogen) atoms. The van der Waals surface area contributed by atoms with Crippen molar-refractivity contribution in [1.82, 2.24) is 10.3 Å². The number of nitrogens with zero attached hydrogens (tertiary/aromatic N) is 1. The fraction of sp³-hybridized carbons (Fsp3) is 0.444. The molecule has 1 aromatic carbocycles. The normalized spacial score (nSPS) is 28.9. The zero-order valence-corrected chi connectivity index (χ0v) is 13.9. The van der Waals surface area contributed by atoms with Gasteiger partial charge in [0.25, 0.3) is 0 Å². The Morgan fingerprint density at radius 2 is 2.22 bits per heavy atom. The van der Waals surface area contributed by atoms with Crippen LogP contribution in [0.15, 0.2) is 35.7 Å². The molecule has 1 N–H and O–H groups in total. The van der Waals surface area contributed by atoms with Gasteiger partial charge in [0.05, 0.1) is 29.9 Å². The van der Waals surface area contributed by atoms with Gasteiger partial charge in [-0.2, -0.15) is 0 Å². The predicted molar refractivity (Wildman–Crippen MR) is 90.0 cm³/mol. The molecule has 5 heteroatoms. The summed E-state index contributed by atoms with van der Waals surface area (Å²) in [6.07, 6.45) is 3.31. The smallest absolute Gasteiger partial charge is 0.228 e. The molecule has 0 aliphatic carbocycles. The summed E-state index contributed by atoms with van der Waals surface area (Å²) >= 11 is 1.61. The largest absolute Gasteiger partial charge is 0.374 e. The summed E-state index contributed by atoms with van der Waals surface area (Å²) in [6.45, 7) is 2.51. The van der Waals surface area contributed by atoms with E-state index in [1.54, 1.807) is 11.3 Å². The minimum atomic E-state index is -0.374. The van der Waals surface area contributed by atoms with Crippen LogP contribution in [-0.4, -0.2) is 23.1 Å². The number of rotatable bonds is 4. The van der Waals surface area contributed by atoms with Gasteiger partial charge in [-0.1, -0.05) is 30.3 Å². The predicted octanol–water partition coefficient (Wildman–Crippen LogP) is 3.38. The molecule has 3 heterocycles. The van der Waals surface area contributed by atoms with Gasteiger partial charge in [-0.15, -0.1) is 11.3 Å². The Hall–Kier alpha value is -1.72. The Kier molecular flexibility index (Phi) is 3.70. The maximum Gasteiger partial charge on any atom is 0.228 e. The molecule has 4 nitrogen and oxygen atoms in total.